The number of rotatable bonds is 8. The number of nitrogens with zero attached hydrogens (tertiary/aromatic N) is 3. The van der Waals surface area contributed by atoms with Gasteiger partial charge in [0.1, 0.15) is 5.75 Å². The van der Waals surface area contributed by atoms with Gasteiger partial charge in [0.05, 0.1) is 24.2 Å². The lowest BCUT2D eigenvalue weighted by molar-refractivity contribution is 0.402. The number of aryl methyl sites for hydroxylation is 1. The molecule has 0 saturated carbocycles. The molecule has 142 valence electrons. The highest BCUT2D eigenvalue weighted by atomic mass is 32.2. The summed E-state index contributed by atoms with van der Waals surface area (Å²) in [4.78, 5) is 0.243. The van der Waals surface area contributed by atoms with Crippen molar-refractivity contribution < 1.29 is 13.2 Å². The molecule has 0 amide bonds. The second kappa shape index (κ2) is 8.37. The molecule has 0 aliphatic heterocycles. The van der Waals surface area contributed by atoms with Crippen LogP contribution < -0.4 is 4.74 Å². The fourth-order valence-electron chi connectivity index (χ4n) is 2.81. The van der Waals surface area contributed by atoms with Crippen LogP contribution in [0.15, 0.2) is 71.8 Å². The van der Waals surface area contributed by atoms with Gasteiger partial charge in [-0.25, -0.2) is 8.42 Å². The van der Waals surface area contributed by atoms with E-state index in [-0.39, 0.29) is 11.4 Å². The predicted octanol–water partition coefficient (Wildman–Crippen LogP) is 2.86. The standard InChI is InChI=1S/C20H23N3O3S/c1-22-14-13-18(21-22)16-23(15-12-17-6-4-3-5-7-17)27(24,25)20-10-8-19(26-2)9-11-20/h3-11,13-14H,12,15-16H2,1-2H3. The Labute approximate surface area is 160 Å². The Hall–Kier alpha value is -2.64. The number of benzene rings is 2. The molecule has 0 unspecified atom stereocenters. The van der Waals surface area contributed by atoms with Crippen molar-refractivity contribution in [3.05, 3.63) is 78.1 Å². The van der Waals surface area contributed by atoms with Crippen LogP contribution in [0.25, 0.3) is 0 Å². The van der Waals surface area contributed by atoms with Crippen molar-refractivity contribution in [3.8, 4) is 5.75 Å². The molecule has 6 nitrogen and oxygen atoms in total. The highest BCUT2D eigenvalue weighted by Gasteiger charge is 2.25. The Morgan fingerprint density at radius 2 is 1.74 bits per heavy atom. The van der Waals surface area contributed by atoms with Gasteiger partial charge in [-0.3, -0.25) is 4.68 Å². The number of sulfonamides is 1. The summed E-state index contributed by atoms with van der Waals surface area (Å²) in [5, 5.41) is 4.33. The Balaban J connectivity index is 1.86. The minimum absolute atomic E-state index is 0.224. The monoisotopic (exact) mass is 385 g/mol. The number of aromatic nitrogens is 2. The van der Waals surface area contributed by atoms with Crippen LogP contribution in [0.2, 0.25) is 0 Å². The molecule has 1 aromatic heterocycles. The molecular formula is C20H23N3O3S. The molecule has 0 saturated heterocycles. The molecule has 27 heavy (non-hydrogen) atoms. The summed E-state index contributed by atoms with van der Waals surface area (Å²) in [5.41, 5.74) is 1.80. The molecule has 0 aliphatic carbocycles. The van der Waals surface area contributed by atoms with Crippen molar-refractivity contribution in [1.29, 1.82) is 0 Å². The minimum Gasteiger partial charge on any atom is -0.497 e. The molecule has 0 spiro atoms. The highest BCUT2D eigenvalue weighted by Crippen LogP contribution is 2.21. The Morgan fingerprint density at radius 1 is 1.04 bits per heavy atom. The molecule has 2 aromatic carbocycles. The average Bonchev–Trinajstić information content (AvgIpc) is 3.10. The first-order chi connectivity index (χ1) is 13.0. The topological polar surface area (TPSA) is 64.4 Å². The zero-order valence-electron chi connectivity index (χ0n) is 15.4. The van der Waals surface area contributed by atoms with Crippen molar-refractivity contribution in [2.45, 2.75) is 17.9 Å². The first-order valence-corrected chi connectivity index (χ1v) is 10.1. The van der Waals surface area contributed by atoms with Gasteiger partial charge in [-0.15, -0.1) is 0 Å². The van der Waals surface area contributed by atoms with Gasteiger partial charge < -0.3 is 4.74 Å². The zero-order chi connectivity index (χ0) is 19.3. The smallest absolute Gasteiger partial charge is 0.243 e. The summed E-state index contributed by atoms with van der Waals surface area (Å²) in [6, 6.07) is 18.1. The van der Waals surface area contributed by atoms with E-state index in [1.54, 1.807) is 36.1 Å². The van der Waals surface area contributed by atoms with Gasteiger partial charge in [-0.1, -0.05) is 30.3 Å². The first kappa shape index (κ1) is 19.1. The van der Waals surface area contributed by atoms with E-state index < -0.39 is 10.0 Å². The van der Waals surface area contributed by atoms with Crippen LogP contribution in [-0.4, -0.2) is 36.2 Å². The van der Waals surface area contributed by atoms with E-state index in [9.17, 15) is 8.42 Å². The summed E-state index contributed by atoms with van der Waals surface area (Å²) in [6.45, 7) is 0.594. The summed E-state index contributed by atoms with van der Waals surface area (Å²) in [5.74, 6) is 0.620. The van der Waals surface area contributed by atoms with Crippen molar-refractivity contribution in [2.24, 2.45) is 7.05 Å². The molecule has 0 radical (unpaired) electrons. The van der Waals surface area contributed by atoms with Gasteiger partial charge in [0.15, 0.2) is 0 Å². The van der Waals surface area contributed by atoms with Gasteiger partial charge in [0.25, 0.3) is 0 Å². The lowest BCUT2D eigenvalue weighted by Gasteiger charge is -2.21. The molecular weight excluding hydrogens is 362 g/mol. The van der Waals surface area contributed by atoms with Crippen LogP contribution in [0, 0.1) is 0 Å². The molecule has 0 atom stereocenters. The zero-order valence-corrected chi connectivity index (χ0v) is 16.3. The molecule has 1 heterocycles. The van der Waals surface area contributed by atoms with Crippen LogP contribution >= 0.6 is 0 Å². The number of methoxy groups -OCH3 is 1. The fourth-order valence-corrected chi connectivity index (χ4v) is 4.22. The summed E-state index contributed by atoms with van der Waals surface area (Å²) >= 11 is 0. The highest BCUT2D eigenvalue weighted by molar-refractivity contribution is 7.89. The van der Waals surface area contributed by atoms with Crippen LogP contribution in [-0.2, 0) is 30.0 Å². The van der Waals surface area contributed by atoms with Crippen LogP contribution in [0.4, 0.5) is 0 Å². The van der Waals surface area contributed by atoms with Gasteiger partial charge in [0, 0.05) is 19.8 Å². The number of hydrogen-bond acceptors (Lipinski definition) is 4. The second-order valence-electron chi connectivity index (χ2n) is 6.23. The van der Waals surface area contributed by atoms with Gasteiger partial charge >= 0.3 is 0 Å². The first-order valence-electron chi connectivity index (χ1n) is 8.66. The van der Waals surface area contributed by atoms with Gasteiger partial charge in [-0.2, -0.15) is 9.40 Å². The quantitative estimate of drug-likeness (QED) is 0.598. The van der Waals surface area contributed by atoms with Crippen molar-refractivity contribution in [1.82, 2.24) is 14.1 Å². The Bertz CT molecular complexity index is 967. The Kier molecular flexibility index (Phi) is 5.93. The third-order valence-corrected chi connectivity index (χ3v) is 6.16. The number of hydrogen-bond donors (Lipinski definition) is 0. The van der Waals surface area contributed by atoms with E-state index in [4.69, 9.17) is 4.74 Å². The maximum atomic E-state index is 13.2. The minimum atomic E-state index is -3.66. The molecule has 3 aromatic rings. The summed E-state index contributed by atoms with van der Waals surface area (Å²) in [7, 11) is -0.289. The lowest BCUT2D eigenvalue weighted by atomic mass is 10.1. The molecule has 7 heteroatoms. The van der Waals surface area contributed by atoms with Crippen molar-refractivity contribution >= 4 is 10.0 Å². The van der Waals surface area contributed by atoms with E-state index in [2.05, 4.69) is 5.10 Å². The van der Waals surface area contributed by atoms with E-state index in [0.717, 1.165) is 5.56 Å². The molecule has 0 aliphatic rings. The molecule has 3 rings (SSSR count). The maximum absolute atomic E-state index is 13.2. The third-order valence-electron chi connectivity index (χ3n) is 4.30. The number of ether oxygens (including phenoxy) is 1. The largest absolute Gasteiger partial charge is 0.497 e. The van der Waals surface area contributed by atoms with Crippen LogP contribution in [0.3, 0.4) is 0 Å². The SMILES string of the molecule is COc1ccc(S(=O)(=O)N(CCc2ccccc2)Cc2ccn(C)n2)cc1. The summed E-state index contributed by atoms with van der Waals surface area (Å²) in [6.07, 6.45) is 2.44. The maximum Gasteiger partial charge on any atom is 0.243 e. The summed E-state index contributed by atoms with van der Waals surface area (Å²) < 4.78 is 34.7. The molecule has 0 bridgehead atoms. The van der Waals surface area contributed by atoms with Crippen LogP contribution in [0.5, 0.6) is 5.75 Å². The molecule has 0 fully saturated rings. The third kappa shape index (κ3) is 4.75. The predicted molar refractivity (Wildman–Crippen MR) is 104 cm³/mol. The van der Waals surface area contributed by atoms with E-state index in [1.807, 2.05) is 49.6 Å². The van der Waals surface area contributed by atoms with Crippen molar-refractivity contribution in [3.63, 3.8) is 0 Å². The lowest BCUT2D eigenvalue weighted by Crippen LogP contribution is -2.32. The van der Waals surface area contributed by atoms with E-state index in [1.165, 1.54) is 4.31 Å². The van der Waals surface area contributed by atoms with Crippen LogP contribution in [0.1, 0.15) is 11.3 Å². The Morgan fingerprint density at radius 3 is 2.33 bits per heavy atom. The van der Waals surface area contributed by atoms with Gasteiger partial charge in [0.2, 0.25) is 10.0 Å². The van der Waals surface area contributed by atoms with E-state index >= 15 is 0 Å². The van der Waals surface area contributed by atoms with E-state index in [0.29, 0.717) is 24.4 Å². The normalized spacial score (nSPS) is 11.7. The van der Waals surface area contributed by atoms with Gasteiger partial charge in [-0.05, 0) is 42.3 Å². The average molecular weight is 385 g/mol. The fraction of sp³-hybridized carbons (Fsp3) is 0.250. The van der Waals surface area contributed by atoms with Crippen molar-refractivity contribution in [2.75, 3.05) is 13.7 Å². The molecule has 0 N–H and O–H groups in total. The second-order valence-corrected chi connectivity index (χ2v) is 8.17.